The van der Waals surface area contributed by atoms with Gasteiger partial charge in [0.1, 0.15) is 0 Å². The summed E-state index contributed by atoms with van der Waals surface area (Å²) in [6.07, 6.45) is 5.87. The van der Waals surface area contributed by atoms with Gasteiger partial charge in [-0.1, -0.05) is 42.4 Å². The topological polar surface area (TPSA) is 0 Å². The lowest BCUT2D eigenvalue weighted by Gasteiger charge is -2.23. The number of hydrogen-bond acceptors (Lipinski definition) is 0. The highest BCUT2D eigenvalue weighted by Gasteiger charge is 2.17. The van der Waals surface area contributed by atoms with Crippen LogP contribution >= 0.6 is 22.6 Å². The van der Waals surface area contributed by atoms with Crippen molar-refractivity contribution in [2.24, 2.45) is 5.92 Å². The Morgan fingerprint density at radius 2 is 1.88 bits per heavy atom. The zero-order chi connectivity index (χ0) is 5.98. The first-order valence-corrected chi connectivity index (χ1v) is 4.69. The SMILES string of the molecule is CC1CCCC[C@H]1I. The molecule has 0 spiro atoms. The molecular formula is C7H13I. The quantitative estimate of drug-likeness (QED) is 0.438. The highest BCUT2D eigenvalue weighted by Crippen LogP contribution is 2.29. The maximum absolute atomic E-state index is 2.58. The minimum absolute atomic E-state index is 0.973. The minimum atomic E-state index is 0.973. The molecule has 1 saturated carbocycles. The van der Waals surface area contributed by atoms with E-state index in [-0.39, 0.29) is 0 Å². The molecule has 0 nitrogen and oxygen atoms in total. The maximum atomic E-state index is 2.58. The van der Waals surface area contributed by atoms with Gasteiger partial charge in [-0.3, -0.25) is 0 Å². The van der Waals surface area contributed by atoms with Gasteiger partial charge in [0, 0.05) is 3.92 Å². The van der Waals surface area contributed by atoms with Crippen molar-refractivity contribution < 1.29 is 0 Å². The largest absolute Gasteiger partial charge is 0.0823 e. The van der Waals surface area contributed by atoms with E-state index < -0.39 is 0 Å². The molecule has 0 aliphatic heterocycles. The molecule has 0 aromatic carbocycles. The average Bonchev–Trinajstić information content (AvgIpc) is 1.77. The summed E-state index contributed by atoms with van der Waals surface area (Å²) in [5.41, 5.74) is 0. The first-order valence-electron chi connectivity index (χ1n) is 3.45. The van der Waals surface area contributed by atoms with E-state index in [1.54, 1.807) is 0 Å². The monoisotopic (exact) mass is 224 g/mol. The molecule has 1 heteroatoms. The van der Waals surface area contributed by atoms with E-state index in [1.807, 2.05) is 0 Å². The third-order valence-electron chi connectivity index (χ3n) is 2.01. The average molecular weight is 224 g/mol. The van der Waals surface area contributed by atoms with E-state index in [4.69, 9.17) is 0 Å². The van der Waals surface area contributed by atoms with Crippen molar-refractivity contribution in [2.45, 2.75) is 36.5 Å². The molecule has 1 fully saturated rings. The Labute approximate surface area is 65.2 Å². The summed E-state index contributed by atoms with van der Waals surface area (Å²) >= 11 is 2.58. The predicted molar refractivity (Wildman–Crippen MR) is 45.4 cm³/mol. The van der Waals surface area contributed by atoms with Crippen molar-refractivity contribution in [1.82, 2.24) is 0 Å². The molecule has 8 heavy (non-hydrogen) atoms. The lowest BCUT2D eigenvalue weighted by molar-refractivity contribution is 0.409. The van der Waals surface area contributed by atoms with Crippen LogP contribution < -0.4 is 0 Å². The molecule has 1 aliphatic carbocycles. The van der Waals surface area contributed by atoms with Gasteiger partial charge >= 0.3 is 0 Å². The molecule has 48 valence electrons. The lowest BCUT2D eigenvalue weighted by atomic mass is 9.91. The number of halogens is 1. The van der Waals surface area contributed by atoms with Gasteiger partial charge < -0.3 is 0 Å². The van der Waals surface area contributed by atoms with E-state index in [0.29, 0.717) is 0 Å². The molecule has 0 bridgehead atoms. The van der Waals surface area contributed by atoms with Crippen molar-refractivity contribution >= 4 is 22.6 Å². The standard InChI is InChI=1S/C7H13I/c1-6-4-2-3-5-7(6)8/h6-7H,2-5H2,1H3/t6?,7-/m1/s1. The van der Waals surface area contributed by atoms with Crippen LogP contribution in [0.5, 0.6) is 0 Å². The van der Waals surface area contributed by atoms with Crippen LogP contribution in [0.3, 0.4) is 0 Å². The van der Waals surface area contributed by atoms with E-state index in [2.05, 4.69) is 29.5 Å². The molecule has 1 rings (SSSR count). The van der Waals surface area contributed by atoms with Crippen LogP contribution in [0.25, 0.3) is 0 Å². The summed E-state index contributed by atoms with van der Waals surface area (Å²) in [7, 11) is 0. The second kappa shape index (κ2) is 3.04. The van der Waals surface area contributed by atoms with Gasteiger partial charge in [-0.2, -0.15) is 0 Å². The molecular weight excluding hydrogens is 211 g/mol. The van der Waals surface area contributed by atoms with E-state index >= 15 is 0 Å². The van der Waals surface area contributed by atoms with Crippen LogP contribution in [0.2, 0.25) is 0 Å². The van der Waals surface area contributed by atoms with Gasteiger partial charge in [0.15, 0.2) is 0 Å². The van der Waals surface area contributed by atoms with Crippen LogP contribution in [0.4, 0.5) is 0 Å². The Balaban J connectivity index is 2.28. The van der Waals surface area contributed by atoms with Crippen molar-refractivity contribution in [2.75, 3.05) is 0 Å². The van der Waals surface area contributed by atoms with Gasteiger partial charge in [-0.25, -0.2) is 0 Å². The van der Waals surface area contributed by atoms with Gasteiger partial charge in [0.05, 0.1) is 0 Å². The van der Waals surface area contributed by atoms with Gasteiger partial charge in [-0.15, -0.1) is 0 Å². The molecule has 0 radical (unpaired) electrons. The molecule has 0 heterocycles. The van der Waals surface area contributed by atoms with E-state index in [0.717, 1.165) is 9.84 Å². The Bertz CT molecular complexity index is 60.8. The van der Waals surface area contributed by atoms with E-state index in [1.165, 1.54) is 25.7 Å². The minimum Gasteiger partial charge on any atom is -0.0823 e. The second-order valence-electron chi connectivity index (χ2n) is 2.78. The Morgan fingerprint density at radius 3 is 2.25 bits per heavy atom. The summed E-state index contributed by atoms with van der Waals surface area (Å²) in [6, 6.07) is 0. The summed E-state index contributed by atoms with van der Waals surface area (Å²) in [4.78, 5) is 0. The lowest BCUT2D eigenvalue weighted by Crippen LogP contribution is -2.15. The normalized spacial score (nSPS) is 39.8. The molecule has 0 amide bonds. The van der Waals surface area contributed by atoms with E-state index in [9.17, 15) is 0 Å². The fourth-order valence-corrected chi connectivity index (χ4v) is 2.07. The number of rotatable bonds is 0. The van der Waals surface area contributed by atoms with Crippen LogP contribution in [0, 0.1) is 5.92 Å². The molecule has 0 aromatic rings. The Morgan fingerprint density at radius 1 is 1.25 bits per heavy atom. The first kappa shape index (κ1) is 6.84. The highest BCUT2D eigenvalue weighted by atomic mass is 127. The van der Waals surface area contributed by atoms with Crippen LogP contribution in [-0.4, -0.2) is 3.92 Å². The third kappa shape index (κ3) is 1.61. The molecule has 0 aromatic heterocycles. The molecule has 1 unspecified atom stereocenters. The van der Waals surface area contributed by atoms with Crippen molar-refractivity contribution in [3.8, 4) is 0 Å². The van der Waals surface area contributed by atoms with Crippen LogP contribution in [-0.2, 0) is 0 Å². The summed E-state index contributed by atoms with van der Waals surface area (Å²) in [5, 5.41) is 0. The van der Waals surface area contributed by atoms with Gasteiger partial charge in [0.25, 0.3) is 0 Å². The Hall–Kier alpha value is 0.730. The van der Waals surface area contributed by atoms with Crippen molar-refractivity contribution in [3.63, 3.8) is 0 Å². The summed E-state index contributed by atoms with van der Waals surface area (Å²) in [6.45, 7) is 2.37. The zero-order valence-electron chi connectivity index (χ0n) is 5.36. The van der Waals surface area contributed by atoms with Crippen LogP contribution in [0.15, 0.2) is 0 Å². The second-order valence-corrected chi connectivity index (χ2v) is 4.38. The third-order valence-corrected chi connectivity index (χ3v) is 3.86. The van der Waals surface area contributed by atoms with Crippen molar-refractivity contribution in [1.29, 1.82) is 0 Å². The number of hydrogen-bond donors (Lipinski definition) is 0. The Kier molecular flexibility index (Phi) is 2.60. The fraction of sp³-hybridized carbons (Fsp3) is 1.00. The summed E-state index contributed by atoms with van der Waals surface area (Å²) in [5.74, 6) is 0.990. The van der Waals surface area contributed by atoms with Gasteiger partial charge in [0.2, 0.25) is 0 Å². The molecule has 0 saturated heterocycles. The highest BCUT2D eigenvalue weighted by molar-refractivity contribution is 14.1. The van der Waals surface area contributed by atoms with Crippen molar-refractivity contribution in [3.05, 3.63) is 0 Å². The van der Waals surface area contributed by atoms with Crippen LogP contribution in [0.1, 0.15) is 32.6 Å². The maximum Gasteiger partial charge on any atom is 0.0135 e. The fourth-order valence-electron chi connectivity index (χ4n) is 1.27. The first-order chi connectivity index (χ1) is 3.80. The molecule has 1 aliphatic rings. The predicted octanol–water partition coefficient (Wildman–Crippen LogP) is 3.00. The van der Waals surface area contributed by atoms with Gasteiger partial charge in [-0.05, 0) is 18.8 Å². The smallest absolute Gasteiger partial charge is 0.0135 e. The molecule has 0 N–H and O–H groups in total. The molecule has 2 atom stereocenters. The summed E-state index contributed by atoms with van der Waals surface area (Å²) < 4.78 is 0.973. The number of alkyl halides is 1. The zero-order valence-corrected chi connectivity index (χ0v) is 7.52.